The second-order valence-corrected chi connectivity index (χ2v) is 6.00. The van der Waals surface area contributed by atoms with Crippen LogP contribution in [0.15, 0.2) is 24.3 Å². The van der Waals surface area contributed by atoms with Crippen molar-refractivity contribution in [1.29, 1.82) is 0 Å². The first-order valence-electron chi connectivity index (χ1n) is 8.11. The Labute approximate surface area is 129 Å². The number of carbonyl (C=O) groups excluding carboxylic acids is 1. The summed E-state index contributed by atoms with van der Waals surface area (Å²) in [5.74, 6) is 0.170. The predicted molar refractivity (Wildman–Crippen MR) is 89.1 cm³/mol. The lowest BCUT2D eigenvalue weighted by molar-refractivity contribution is -0.121. The topological polar surface area (TPSA) is 32.3 Å². The molecule has 1 rings (SSSR count). The van der Waals surface area contributed by atoms with E-state index >= 15 is 0 Å². The fraction of sp³-hybridized carbons (Fsp3) is 0.611. The molecule has 0 aliphatic rings. The van der Waals surface area contributed by atoms with Gasteiger partial charge >= 0.3 is 0 Å². The number of rotatable bonds is 10. The third-order valence-electron chi connectivity index (χ3n) is 3.52. The van der Waals surface area contributed by atoms with Crippen molar-refractivity contribution < 1.29 is 4.79 Å². The molecule has 1 N–H and O–H groups in total. The van der Waals surface area contributed by atoms with Gasteiger partial charge in [-0.2, -0.15) is 0 Å². The van der Waals surface area contributed by atoms with Gasteiger partial charge in [-0.1, -0.05) is 56.9 Å². The van der Waals surface area contributed by atoms with Crippen LogP contribution in [0.5, 0.6) is 0 Å². The van der Waals surface area contributed by atoms with Crippen LogP contribution in [0, 0.1) is 0 Å². The largest absolute Gasteiger partial charge is 0.352 e. The van der Waals surface area contributed by atoms with Crippen molar-refractivity contribution in [3.8, 4) is 0 Å². The lowest BCUT2D eigenvalue weighted by Gasteiger charge is -2.10. The number of hydrogen-bond acceptors (Lipinski definition) is 2. The van der Waals surface area contributed by atoms with Gasteiger partial charge in [-0.15, -0.1) is 0 Å². The molecule has 1 aromatic rings. The van der Waals surface area contributed by atoms with E-state index < -0.39 is 0 Å². The smallest absolute Gasteiger partial charge is 0.220 e. The van der Waals surface area contributed by atoms with E-state index in [0.717, 1.165) is 18.5 Å². The van der Waals surface area contributed by atoms with Gasteiger partial charge in [0.15, 0.2) is 0 Å². The molecular formula is C18H30N2O. The number of hydrogen-bond donors (Lipinski definition) is 1. The molecule has 0 saturated heterocycles. The molecule has 0 fully saturated rings. The molecule has 0 unspecified atom stereocenters. The molecule has 118 valence electrons. The van der Waals surface area contributed by atoms with Crippen molar-refractivity contribution in [1.82, 2.24) is 10.2 Å². The molecule has 1 amide bonds. The Kier molecular flexibility index (Phi) is 8.76. The summed E-state index contributed by atoms with van der Waals surface area (Å²) in [6.07, 6.45) is 6.60. The van der Waals surface area contributed by atoms with Gasteiger partial charge in [-0.05, 0) is 31.6 Å². The Balaban J connectivity index is 2.20. The zero-order valence-corrected chi connectivity index (χ0v) is 13.8. The highest BCUT2D eigenvalue weighted by atomic mass is 16.1. The lowest BCUT2D eigenvalue weighted by atomic mass is 10.1. The summed E-state index contributed by atoms with van der Waals surface area (Å²) >= 11 is 0. The second kappa shape index (κ2) is 10.4. The SMILES string of the molecule is CCCCCCCC(=O)NCc1ccc(CN(C)C)cc1. The van der Waals surface area contributed by atoms with E-state index in [2.05, 4.69) is 55.5 Å². The molecular weight excluding hydrogens is 260 g/mol. The van der Waals surface area contributed by atoms with Gasteiger partial charge in [-0.25, -0.2) is 0 Å². The van der Waals surface area contributed by atoms with Crippen molar-refractivity contribution in [3.63, 3.8) is 0 Å². The monoisotopic (exact) mass is 290 g/mol. The van der Waals surface area contributed by atoms with Crippen molar-refractivity contribution >= 4 is 5.91 Å². The highest BCUT2D eigenvalue weighted by Crippen LogP contribution is 2.07. The Morgan fingerprint density at radius 2 is 1.62 bits per heavy atom. The fourth-order valence-corrected chi connectivity index (χ4v) is 2.31. The van der Waals surface area contributed by atoms with Gasteiger partial charge in [-0.3, -0.25) is 4.79 Å². The number of nitrogens with one attached hydrogen (secondary N) is 1. The summed E-state index contributed by atoms with van der Waals surface area (Å²) in [5.41, 5.74) is 2.46. The summed E-state index contributed by atoms with van der Waals surface area (Å²) in [6, 6.07) is 8.46. The zero-order chi connectivity index (χ0) is 15.5. The first kappa shape index (κ1) is 17.7. The fourth-order valence-electron chi connectivity index (χ4n) is 2.31. The zero-order valence-electron chi connectivity index (χ0n) is 13.8. The van der Waals surface area contributed by atoms with E-state index in [9.17, 15) is 4.79 Å². The Hall–Kier alpha value is -1.35. The molecule has 0 saturated carbocycles. The van der Waals surface area contributed by atoms with Gasteiger partial charge in [0, 0.05) is 19.5 Å². The summed E-state index contributed by atoms with van der Waals surface area (Å²) in [7, 11) is 4.13. The van der Waals surface area contributed by atoms with Crippen LogP contribution in [0.3, 0.4) is 0 Å². The minimum absolute atomic E-state index is 0.170. The van der Waals surface area contributed by atoms with Crippen LogP contribution in [0.25, 0.3) is 0 Å². The normalized spacial score (nSPS) is 10.9. The highest BCUT2D eigenvalue weighted by Gasteiger charge is 2.02. The third kappa shape index (κ3) is 8.51. The predicted octanol–water partition coefficient (Wildman–Crippen LogP) is 3.72. The van der Waals surface area contributed by atoms with Crippen LogP contribution >= 0.6 is 0 Å². The summed E-state index contributed by atoms with van der Waals surface area (Å²) < 4.78 is 0. The summed E-state index contributed by atoms with van der Waals surface area (Å²) in [5, 5.41) is 3.00. The Morgan fingerprint density at radius 3 is 2.24 bits per heavy atom. The van der Waals surface area contributed by atoms with E-state index in [1.165, 1.54) is 31.2 Å². The standard InChI is InChI=1S/C18H30N2O/c1-4-5-6-7-8-9-18(21)19-14-16-10-12-17(13-11-16)15-20(2)3/h10-13H,4-9,14-15H2,1-3H3,(H,19,21). The Morgan fingerprint density at radius 1 is 1.00 bits per heavy atom. The Bertz CT molecular complexity index is 398. The van der Waals surface area contributed by atoms with Crippen LogP contribution in [-0.4, -0.2) is 24.9 Å². The van der Waals surface area contributed by atoms with Crippen molar-refractivity contribution in [2.24, 2.45) is 0 Å². The van der Waals surface area contributed by atoms with Crippen LogP contribution in [-0.2, 0) is 17.9 Å². The average molecular weight is 290 g/mol. The van der Waals surface area contributed by atoms with E-state index in [1.54, 1.807) is 0 Å². The van der Waals surface area contributed by atoms with Crippen molar-refractivity contribution in [3.05, 3.63) is 35.4 Å². The maximum absolute atomic E-state index is 11.7. The molecule has 0 bridgehead atoms. The van der Waals surface area contributed by atoms with Gasteiger partial charge in [0.25, 0.3) is 0 Å². The minimum atomic E-state index is 0.170. The summed E-state index contributed by atoms with van der Waals surface area (Å²) in [6.45, 7) is 3.79. The molecule has 0 atom stereocenters. The van der Waals surface area contributed by atoms with Crippen molar-refractivity contribution in [2.75, 3.05) is 14.1 Å². The van der Waals surface area contributed by atoms with Crippen molar-refractivity contribution in [2.45, 2.75) is 58.5 Å². The van der Waals surface area contributed by atoms with Gasteiger partial charge < -0.3 is 10.2 Å². The molecule has 0 radical (unpaired) electrons. The van der Waals surface area contributed by atoms with Crippen LogP contribution < -0.4 is 5.32 Å². The quantitative estimate of drug-likeness (QED) is 0.666. The maximum atomic E-state index is 11.7. The molecule has 0 heterocycles. The number of carbonyl (C=O) groups is 1. The first-order valence-corrected chi connectivity index (χ1v) is 8.11. The van der Waals surface area contributed by atoms with E-state index in [-0.39, 0.29) is 5.91 Å². The van der Waals surface area contributed by atoms with Gasteiger partial charge in [0.2, 0.25) is 5.91 Å². The minimum Gasteiger partial charge on any atom is -0.352 e. The van der Waals surface area contributed by atoms with Crippen LogP contribution in [0.2, 0.25) is 0 Å². The van der Waals surface area contributed by atoms with E-state index in [0.29, 0.717) is 13.0 Å². The first-order chi connectivity index (χ1) is 10.1. The third-order valence-corrected chi connectivity index (χ3v) is 3.52. The molecule has 0 spiro atoms. The van der Waals surface area contributed by atoms with Crippen LogP contribution in [0.1, 0.15) is 56.6 Å². The average Bonchev–Trinajstić information content (AvgIpc) is 2.46. The van der Waals surface area contributed by atoms with Gasteiger partial charge in [0.05, 0.1) is 0 Å². The molecule has 0 aromatic heterocycles. The number of amides is 1. The molecule has 21 heavy (non-hydrogen) atoms. The second-order valence-electron chi connectivity index (χ2n) is 6.00. The maximum Gasteiger partial charge on any atom is 0.220 e. The van der Waals surface area contributed by atoms with Gasteiger partial charge in [0.1, 0.15) is 0 Å². The van der Waals surface area contributed by atoms with E-state index in [4.69, 9.17) is 0 Å². The number of unbranched alkanes of at least 4 members (excludes halogenated alkanes) is 4. The van der Waals surface area contributed by atoms with E-state index in [1.807, 2.05) is 0 Å². The number of nitrogens with zero attached hydrogens (tertiary/aromatic N) is 1. The lowest BCUT2D eigenvalue weighted by Crippen LogP contribution is -2.22. The highest BCUT2D eigenvalue weighted by molar-refractivity contribution is 5.75. The molecule has 1 aromatic carbocycles. The number of benzene rings is 1. The van der Waals surface area contributed by atoms with Crippen LogP contribution in [0.4, 0.5) is 0 Å². The molecule has 3 heteroatoms. The summed E-state index contributed by atoms with van der Waals surface area (Å²) in [4.78, 5) is 13.9. The molecule has 0 aliphatic carbocycles. The molecule has 3 nitrogen and oxygen atoms in total. The molecule has 0 aliphatic heterocycles.